The van der Waals surface area contributed by atoms with Gasteiger partial charge in [-0.1, -0.05) is 13.0 Å². The van der Waals surface area contributed by atoms with Gasteiger partial charge in [-0.15, -0.1) is 0 Å². The van der Waals surface area contributed by atoms with Gasteiger partial charge in [0.15, 0.2) is 11.5 Å². The van der Waals surface area contributed by atoms with E-state index < -0.39 is 11.8 Å². The van der Waals surface area contributed by atoms with Gasteiger partial charge < -0.3 is 20.1 Å². The van der Waals surface area contributed by atoms with Gasteiger partial charge in [-0.2, -0.15) is 0 Å². The number of ether oxygens (including phenoxy) is 2. The molecule has 0 aliphatic carbocycles. The van der Waals surface area contributed by atoms with Gasteiger partial charge in [0.2, 0.25) is 6.79 Å². The molecule has 1 atom stereocenters. The monoisotopic (exact) mass is 278 g/mol. The molecule has 1 aromatic rings. The predicted octanol–water partition coefficient (Wildman–Crippen LogP) is 0.946. The molecule has 0 saturated carbocycles. The van der Waals surface area contributed by atoms with Gasteiger partial charge in [0, 0.05) is 12.6 Å². The van der Waals surface area contributed by atoms with Crippen LogP contribution in [-0.4, -0.2) is 24.6 Å². The van der Waals surface area contributed by atoms with E-state index in [1.807, 2.05) is 19.9 Å². The molecule has 1 aliphatic heterocycles. The van der Waals surface area contributed by atoms with Gasteiger partial charge in [-0.25, -0.2) is 0 Å². The smallest absolute Gasteiger partial charge is 0.309 e. The molecule has 0 saturated heterocycles. The molecule has 108 valence electrons. The molecule has 0 fully saturated rings. The lowest BCUT2D eigenvalue weighted by atomic mass is 10.2. The van der Waals surface area contributed by atoms with Crippen molar-refractivity contribution in [3.63, 3.8) is 0 Å². The topological polar surface area (TPSA) is 76.7 Å². The lowest BCUT2D eigenvalue weighted by molar-refractivity contribution is -0.139. The molecule has 0 unspecified atom stereocenters. The third kappa shape index (κ3) is 3.40. The Morgan fingerprint density at radius 1 is 1.25 bits per heavy atom. The van der Waals surface area contributed by atoms with E-state index in [2.05, 4.69) is 10.6 Å². The van der Waals surface area contributed by atoms with Crippen LogP contribution in [0, 0.1) is 0 Å². The van der Waals surface area contributed by atoms with Crippen molar-refractivity contribution in [1.82, 2.24) is 10.6 Å². The number of nitrogens with one attached hydrogen (secondary N) is 2. The minimum Gasteiger partial charge on any atom is -0.454 e. The number of carbonyl (C=O) groups is 2. The highest BCUT2D eigenvalue weighted by Crippen LogP contribution is 2.32. The number of amides is 2. The Bertz CT molecular complexity index is 516. The molecule has 1 heterocycles. The summed E-state index contributed by atoms with van der Waals surface area (Å²) in [5.41, 5.74) is 0.846. The number of benzene rings is 1. The predicted molar refractivity (Wildman–Crippen MR) is 72.3 cm³/mol. The summed E-state index contributed by atoms with van der Waals surface area (Å²) >= 11 is 0. The minimum atomic E-state index is -0.636. The fourth-order valence-electron chi connectivity index (χ4n) is 1.70. The molecule has 0 aromatic heterocycles. The summed E-state index contributed by atoms with van der Waals surface area (Å²) in [6.45, 7) is 4.27. The number of fused-ring (bicyclic) bond motifs is 1. The zero-order valence-electron chi connectivity index (χ0n) is 11.6. The number of rotatable bonds is 4. The van der Waals surface area contributed by atoms with E-state index in [4.69, 9.17) is 9.47 Å². The van der Waals surface area contributed by atoms with Crippen molar-refractivity contribution in [1.29, 1.82) is 0 Å². The van der Waals surface area contributed by atoms with Crippen LogP contribution in [0.15, 0.2) is 18.2 Å². The molecule has 0 spiro atoms. The molecule has 6 heteroatoms. The van der Waals surface area contributed by atoms with Crippen LogP contribution in [-0.2, 0) is 16.1 Å². The molecule has 1 aliphatic rings. The maximum absolute atomic E-state index is 11.6. The van der Waals surface area contributed by atoms with Crippen molar-refractivity contribution in [2.24, 2.45) is 0 Å². The largest absolute Gasteiger partial charge is 0.454 e. The van der Waals surface area contributed by atoms with Gasteiger partial charge in [-0.3, -0.25) is 9.59 Å². The maximum atomic E-state index is 11.6. The number of hydrogen-bond donors (Lipinski definition) is 2. The van der Waals surface area contributed by atoms with Crippen molar-refractivity contribution in [2.75, 3.05) is 6.79 Å². The van der Waals surface area contributed by atoms with Crippen LogP contribution in [0.4, 0.5) is 0 Å². The molecule has 6 nitrogen and oxygen atoms in total. The van der Waals surface area contributed by atoms with Crippen LogP contribution in [0.25, 0.3) is 0 Å². The Kier molecular flexibility index (Phi) is 4.45. The Labute approximate surface area is 117 Å². The van der Waals surface area contributed by atoms with Crippen LogP contribution in [0.1, 0.15) is 25.8 Å². The average molecular weight is 278 g/mol. The van der Waals surface area contributed by atoms with Crippen LogP contribution < -0.4 is 20.1 Å². The Balaban J connectivity index is 1.85. The number of hydrogen-bond acceptors (Lipinski definition) is 4. The first-order valence-corrected chi connectivity index (χ1v) is 6.57. The molecule has 20 heavy (non-hydrogen) atoms. The quantitative estimate of drug-likeness (QED) is 0.804. The van der Waals surface area contributed by atoms with E-state index in [1.54, 1.807) is 12.1 Å². The highest BCUT2D eigenvalue weighted by molar-refractivity contribution is 6.35. The lowest BCUT2D eigenvalue weighted by Crippen LogP contribution is -2.43. The third-order valence-electron chi connectivity index (χ3n) is 3.09. The fourth-order valence-corrected chi connectivity index (χ4v) is 1.70. The van der Waals surface area contributed by atoms with E-state index in [0.717, 1.165) is 12.0 Å². The molecule has 1 aromatic carbocycles. The Morgan fingerprint density at radius 2 is 2.00 bits per heavy atom. The van der Waals surface area contributed by atoms with Crippen LogP contribution in [0.2, 0.25) is 0 Å². The SMILES string of the molecule is CC[C@@H](C)NC(=O)C(=O)NCc1ccc2c(c1)OCO2. The molecule has 2 rings (SSSR count). The molecular weight excluding hydrogens is 260 g/mol. The number of carbonyl (C=O) groups excluding carboxylic acids is 2. The van der Waals surface area contributed by atoms with Gasteiger partial charge in [-0.05, 0) is 31.0 Å². The zero-order valence-corrected chi connectivity index (χ0v) is 11.6. The van der Waals surface area contributed by atoms with E-state index in [0.29, 0.717) is 11.5 Å². The van der Waals surface area contributed by atoms with E-state index in [1.165, 1.54) is 0 Å². The van der Waals surface area contributed by atoms with Gasteiger partial charge in [0.1, 0.15) is 0 Å². The zero-order chi connectivity index (χ0) is 14.5. The van der Waals surface area contributed by atoms with Gasteiger partial charge in [0.25, 0.3) is 0 Å². The first kappa shape index (κ1) is 14.2. The normalized spacial score (nSPS) is 13.7. The first-order chi connectivity index (χ1) is 9.60. The van der Waals surface area contributed by atoms with E-state index >= 15 is 0 Å². The summed E-state index contributed by atoms with van der Waals surface area (Å²) in [5, 5.41) is 5.18. The highest BCUT2D eigenvalue weighted by atomic mass is 16.7. The highest BCUT2D eigenvalue weighted by Gasteiger charge is 2.16. The average Bonchev–Trinajstić information content (AvgIpc) is 2.91. The summed E-state index contributed by atoms with van der Waals surface area (Å²) in [6, 6.07) is 5.37. The summed E-state index contributed by atoms with van der Waals surface area (Å²) in [5.74, 6) is 0.0958. The molecule has 2 N–H and O–H groups in total. The van der Waals surface area contributed by atoms with Crippen LogP contribution in [0.3, 0.4) is 0 Å². The maximum Gasteiger partial charge on any atom is 0.309 e. The van der Waals surface area contributed by atoms with Crippen molar-refractivity contribution in [3.8, 4) is 11.5 Å². The third-order valence-corrected chi connectivity index (χ3v) is 3.09. The van der Waals surface area contributed by atoms with Gasteiger partial charge in [0.05, 0.1) is 0 Å². The van der Waals surface area contributed by atoms with E-state index in [-0.39, 0.29) is 19.4 Å². The summed E-state index contributed by atoms with van der Waals surface area (Å²) in [4.78, 5) is 23.2. The van der Waals surface area contributed by atoms with Crippen LogP contribution in [0.5, 0.6) is 11.5 Å². The first-order valence-electron chi connectivity index (χ1n) is 6.57. The second-order valence-corrected chi connectivity index (χ2v) is 4.65. The molecule has 0 bridgehead atoms. The summed E-state index contributed by atoms with van der Waals surface area (Å²) in [7, 11) is 0. The standard InChI is InChI=1S/C14H18N2O4/c1-3-9(2)16-14(18)13(17)15-7-10-4-5-11-12(6-10)20-8-19-11/h4-6,9H,3,7-8H2,1-2H3,(H,15,17)(H,16,18)/t9-/m1/s1. The van der Waals surface area contributed by atoms with Crippen molar-refractivity contribution in [2.45, 2.75) is 32.9 Å². The Morgan fingerprint density at radius 3 is 2.75 bits per heavy atom. The fraction of sp³-hybridized carbons (Fsp3) is 0.429. The Hall–Kier alpha value is -2.24. The minimum absolute atomic E-state index is 0.0150. The molecular formula is C14H18N2O4. The van der Waals surface area contributed by atoms with Crippen molar-refractivity contribution in [3.05, 3.63) is 23.8 Å². The summed E-state index contributed by atoms with van der Waals surface area (Å²) in [6.07, 6.45) is 0.779. The van der Waals surface area contributed by atoms with Crippen molar-refractivity contribution >= 4 is 11.8 Å². The lowest BCUT2D eigenvalue weighted by Gasteiger charge is -2.11. The molecule has 0 radical (unpaired) electrons. The second-order valence-electron chi connectivity index (χ2n) is 4.65. The van der Waals surface area contributed by atoms with Crippen LogP contribution >= 0.6 is 0 Å². The second kappa shape index (κ2) is 6.27. The molecule has 2 amide bonds. The van der Waals surface area contributed by atoms with Gasteiger partial charge >= 0.3 is 11.8 Å². The van der Waals surface area contributed by atoms with E-state index in [9.17, 15) is 9.59 Å². The van der Waals surface area contributed by atoms with Crippen molar-refractivity contribution < 1.29 is 19.1 Å². The summed E-state index contributed by atoms with van der Waals surface area (Å²) < 4.78 is 10.4.